The third-order valence-electron chi connectivity index (χ3n) is 1.74. The van der Waals surface area contributed by atoms with Crippen LogP contribution in [0.15, 0.2) is 12.1 Å². The minimum absolute atomic E-state index is 0.154. The van der Waals surface area contributed by atoms with E-state index in [1.807, 2.05) is 6.92 Å². The van der Waals surface area contributed by atoms with Crippen LogP contribution in [0, 0.1) is 0 Å². The zero-order valence-electron chi connectivity index (χ0n) is 8.09. The van der Waals surface area contributed by atoms with Gasteiger partial charge in [0.05, 0.1) is 9.21 Å². The van der Waals surface area contributed by atoms with Crippen LogP contribution in [-0.4, -0.2) is 19.0 Å². The lowest BCUT2D eigenvalue weighted by Crippen LogP contribution is -2.00. The number of ether oxygens (including phenoxy) is 1. The summed E-state index contributed by atoms with van der Waals surface area (Å²) in [6.07, 6.45) is 1.32. The van der Waals surface area contributed by atoms with Gasteiger partial charge in [-0.1, -0.05) is 11.6 Å². The molecule has 0 N–H and O–H groups in total. The van der Waals surface area contributed by atoms with Gasteiger partial charge in [0, 0.05) is 19.6 Å². The number of hydrogen-bond acceptors (Lipinski definition) is 3. The Hall–Kier alpha value is -0.380. The number of hydrogen-bond donors (Lipinski definition) is 0. The highest BCUT2D eigenvalue weighted by Gasteiger charge is 2.07. The monoisotopic (exact) mass is 232 g/mol. The molecule has 0 fully saturated rings. The van der Waals surface area contributed by atoms with E-state index in [1.54, 1.807) is 12.1 Å². The van der Waals surface area contributed by atoms with Crippen LogP contribution in [0.5, 0.6) is 0 Å². The van der Waals surface area contributed by atoms with E-state index < -0.39 is 0 Å². The molecule has 0 aliphatic rings. The standard InChI is InChI=1S/C10H13ClO2S/c1-2-13-7-3-4-8(12)9-5-6-10(11)14-9/h5-6H,2-4,7H2,1H3. The molecule has 78 valence electrons. The SMILES string of the molecule is CCOCCCC(=O)c1ccc(Cl)s1. The highest BCUT2D eigenvalue weighted by atomic mass is 35.5. The third kappa shape index (κ3) is 3.78. The average Bonchev–Trinajstić information content (AvgIpc) is 2.59. The Kier molecular flexibility index (Phi) is 5.15. The molecule has 2 nitrogen and oxygen atoms in total. The van der Waals surface area contributed by atoms with Gasteiger partial charge in [-0.05, 0) is 25.5 Å². The van der Waals surface area contributed by atoms with Crippen molar-refractivity contribution in [1.29, 1.82) is 0 Å². The third-order valence-corrected chi connectivity index (χ3v) is 3.02. The molecular weight excluding hydrogens is 220 g/mol. The van der Waals surface area contributed by atoms with Crippen molar-refractivity contribution in [2.75, 3.05) is 13.2 Å². The van der Waals surface area contributed by atoms with E-state index in [4.69, 9.17) is 16.3 Å². The van der Waals surface area contributed by atoms with Gasteiger partial charge in [-0.25, -0.2) is 0 Å². The number of carbonyl (C=O) groups is 1. The van der Waals surface area contributed by atoms with Crippen molar-refractivity contribution in [3.05, 3.63) is 21.3 Å². The van der Waals surface area contributed by atoms with Crippen LogP contribution in [0.4, 0.5) is 0 Å². The first-order chi connectivity index (χ1) is 6.74. The Morgan fingerprint density at radius 2 is 2.36 bits per heavy atom. The topological polar surface area (TPSA) is 26.3 Å². The molecule has 0 aromatic carbocycles. The van der Waals surface area contributed by atoms with Crippen LogP contribution < -0.4 is 0 Å². The summed E-state index contributed by atoms with van der Waals surface area (Å²) < 4.78 is 5.82. The molecule has 4 heteroatoms. The molecule has 1 aromatic rings. The molecule has 0 atom stereocenters. The molecule has 0 saturated heterocycles. The molecule has 0 aliphatic carbocycles. The molecule has 0 bridgehead atoms. The molecule has 1 rings (SSSR count). The molecule has 0 amide bonds. The first kappa shape index (κ1) is 11.7. The zero-order valence-corrected chi connectivity index (χ0v) is 9.66. The van der Waals surface area contributed by atoms with Crippen molar-refractivity contribution in [3.63, 3.8) is 0 Å². The largest absolute Gasteiger partial charge is 0.382 e. The average molecular weight is 233 g/mol. The predicted molar refractivity (Wildman–Crippen MR) is 59.4 cm³/mol. The maximum absolute atomic E-state index is 11.5. The van der Waals surface area contributed by atoms with Crippen LogP contribution in [-0.2, 0) is 4.74 Å². The first-order valence-corrected chi connectivity index (χ1v) is 5.79. The number of carbonyl (C=O) groups excluding carboxylic acids is 1. The minimum Gasteiger partial charge on any atom is -0.382 e. The number of ketones is 1. The van der Waals surface area contributed by atoms with E-state index in [0.29, 0.717) is 24.0 Å². The summed E-state index contributed by atoms with van der Waals surface area (Å²) in [7, 11) is 0. The van der Waals surface area contributed by atoms with Crippen molar-refractivity contribution in [2.24, 2.45) is 0 Å². The number of halogens is 1. The zero-order chi connectivity index (χ0) is 10.4. The predicted octanol–water partition coefficient (Wildman–Crippen LogP) is 3.40. The second-order valence-electron chi connectivity index (χ2n) is 2.83. The minimum atomic E-state index is 0.154. The highest BCUT2D eigenvalue weighted by Crippen LogP contribution is 2.22. The van der Waals surface area contributed by atoms with Gasteiger partial charge in [0.1, 0.15) is 0 Å². The lowest BCUT2D eigenvalue weighted by atomic mass is 10.2. The van der Waals surface area contributed by atoms with Crippen LogP contribution in [0.2, 0.25) is 4.34 Å². The molecule has 0 unspecified atom stereocenters. The van der Waals surface area contributed by atoms with Crippen molar-refractivity contribution in [2.45, 2.75) is 19.8 Å². The van der Waals surface area contributed by atoms with Crippen LogP contribution in [0.25, 0.3) is 0 Å². The summed E-state index contributed by atoms with van der Waals surface area (Å²) in [6, 6.07) is 3.53. The summed E-state index contributed by atoms with van der Waals surface area (Å²) in [5.41, 5.74) is 0. The highest BCUT2D eigenvalue weighted by molar-refractivity contribution is 7.18. The van der Waals surface area contributed by atoms with E-state index in [-0.39, 0.29) is 5.78 Å². The summed E-state index contributed by atoms with van der Waals surface area (Å²) in [6.45, 7) is 3.31. The van der Waals surface area contributed by atoms with Gasteiger partial charge in [-0.3, -0.25) is 4.79 Å². The molecule has 0 radical (unpaired) electrons. The Morgan fingerprint density at radius 3 is 2.93 bits per heavy atom. The Bertz CT molecular complexity index is 296. The number of thiophene rings is 1. The van der Waals surface area contributed by atoms with Gasteiger partial charge in [0.2, 0.25) is 0 Å². The second-order valence-corrected chi connectivity index (χ2v) is 4.54. The molecular formula is C10H13ClO2S. The number of Topliss-reactive ketones (excluding diaryl/α,β-unsaturated/α-hetero) is 1. The molecule has 0 spiro atoms. The van der Waals surface area contributed by atoms with Gasteiger partial charge in [0.15, 0.2) is 5.78 Å². The molecule has 0 aliphatic heterocycles. The van der Waals surface area contributed by atoms with Gasteiger partial charge in [-0.2, -0.15) is 0 Å². The molecule has 1 heterocycles. The molecule has 1 aromatic heterocycles. The number of rotatable bonds is 6. The smallest absolute Gasteiger partial charge is 0.172 e. The normalized spacial score (nSPS) is 10.4. The second kappa shape index (κ2) is 6.17. The Morgan fingerprint density at radius 1 is 1.57 bits per heavy atom. The van der Waals surface area contributed by atoms with E-state index >= 15 is 0 Å². The fraction of sp³-hybridized carbons (Fsp3) is 0.500. The van der Waals surface area contributed by atoms with E-state index in [2.05, 4.69) is 0 Å². The lowest BCUT2D eigenvalue weighted by molar-refractivity contribution is 0.0951. The van der Waals surface area contributed by atoms with Crippen molar-refractivity contribution >= 4 is 28.7 Å². The fourth-order valence-electron chi connectivity index (χ4n) is 1.07. The van der Waals surface area contributed by atoms with E-state index in [9.17, 15) is 4.79 Å². The summed E-state index contributed by atoms with van der Waals surface area (Å²) in [5, 5.41) is 0. The van der Waals surface area contributed by atoms with Crippen molar-refractivity contribution in [1.82, 2.24) is 0 Å². The van der Waals surface area contributed by atoms with Gasteiger partial charge in [0.25, 0.3) is 0 Å². The van der Waals surface area contributed by atoms with Crippen molar-refractivity contribution in [3.8, 4) is 0 Å². The maximum atomic E-state index is 11.5. The van der Waals surface area contributed by atoms with E-state index in [1.165, 1.54) is 11.3 Å². The summed E-state index contributed by atoms with van der Waals surface area (Å²) in [4.78, 5) is 12.3. The summed E-state index contributed by atoms with van der Waals surface area (Å²) in [5.74, 6) is 0.154. The van der Waals surface area contributed by atoms with Gasteiger partial charge >= 0.3 is 0 Å². The van der Waals surface area contributed by atoms with Crippen LogP contribution in [0.3, 0.4) is 0 Å². The summed E-state index contributed by atoms with van der Waals surface area (Å²) >= 11 is 7.06. The van der Waals surface area contributed by atoms with Gasteiger partial charge < -0.3 is 4.74 Å². The van der Waals surface area contributed by atoms with Crippen LogP contribution in [0.1, 0.15) is 29.4 Å². The van der Waals surface area contributed by atoms with Crippen molar-refractivity contribution < 1.29 is 9.53 Å². The van der Waals surface area contributed by atoms with Gasteiger partial charge in [-0.15, -0.1) is 11.3 Å². The molecule has 0 saturated carbocycles. The Balaban J connectivity index is 2.29. The Labute approximate surface area is 92.8 Å². The lowest BCUT2D eigenvalue weighted by Gasteiger charge is -1.99. The fourth-order valence-corrected chi connectivity index (χ4v) is 2.08. The van der Waals surface area contributed by atoms with Crippen LogP contribution >= 0.6 is 22.9 Å². The molecule has 14 heavy (non-hydrogen) atoms. The maximum Gasteiger partial charge on any atom is 0.172 e. The van der Waals surface area contributed by atoms with E-state index in [0.717, 1.165) is 11.3 Å². The first-order valence-electron chi connectivity index (χ1n) is 4.60. The quantitative estimate of drug-likeness (QED) is 0.555.